The van der Waals surface area contributed by atoms with Crippen LogP contribution in [0.2, 0.25) is 0 Å². The van der Waals surface area contributed by atoms with Crippen LogP contribution in [0.15, 0.2) is 42.7 Å². The van der Waals surface area contributed by atoms with Crippen molar-refractivity contribution in [1.82, 2.24) is 20.1 Å². The molecule has 3 radical (unpaired) electrons. The summed E-state index contributed by atoms with van der Waals surface area (Å²) < 4.78 is 22.2. The van der Waals surface area contributed by atoms with E-state index >= 15 is 0 Å². The minimum absolute atomic E-state index is 0.00636. The van der Waals surface area contributed by atoms with Gasteiger partial charge in [0.1, 0.15) is 5.69 Å². The molecular formula is C33H41FN5O3Pb. The minimum atomic E-state index is -0.616. The van der Waals surface area contributed by atoms with Gasteiger partial charge in [0.25, 0.3) is 5.91 Å². The second-order valence-corrected chi connectivity index (χ2v) is 12.9. The normalized spacial score (nSPS) is 18.1. The third kappa shape index (κ3) is 7.12. The van der Waals surface area contributed by atoms with Crippen molar-refractivity contribution in [3.63, 3.8) is 0 Å². The summed E-state index contributed by atoms with van der Waals surface area (Å²) in [5.41, 5.74) is 4.17. The van der Waals surface area contributed by atoms with E-state index in [2.05, 4.69) is 20.7 Å². The van der Waals surface area contributed by atoms with Gasteiger partial charge in [-0.2, -0.15) is 5.10 Å². The molecule has 6 rings (SSSR count). The molecule has 0 saturated heterocycles. The first-order chi connectivity index (χ1) is 20.8. The van der Waals surface area contributed by atoms with E-state index in [0.29, 0.717) is 33.3 Å². The van der Waals surface area contributed by atoms with Crippen molar-refractivity contribution in [2.75, 3.05) is 9.48 Å². The van der Waals surface area contributed by atoms with Gasteiger partial charge in [0.15, 0.2) is 0 Å². The predicted molar refractivity (Wildman–Crippen MR) is 165 cm³/mol. The van der Waals surface area contributed by atoms with E-state index in [1.54, 1.807) is 16.9 Å². The Bertz CT molecular complexity index is 1440. The van der Waals surface area contributed by atoms with Crippen LogP contribution in [0.1, 0.15) is 98.9 Å². The van der Waals surface area contributed by atoms with E-state index in [-0.39, 0.29) is 35.5 Å². The fourth-order valence-electron chi connectivity index (χ4n) is 6.47. The maximum absolute atomic E-state index is 14.1. The standard InChI is InChI=1S/C31H35FN5O3.C2H6.Pb/c1-17(2)37-26(12-13-34-37)29(38)36-28(27(18-4-5-18)19-6-7-19)30(39)35-22-9-11-23-20(14-22)8-10-24(23)25-15-21(32)16-33-31(25)40-3;1-2;/h9,11-19,24,27-28H,3-8,10H2,1-2H3,(H,35,39)(H,36,38);1-2H3;. The van der Waals surface area contributed by atoms with Gasteiger partial charge in [0, 0.05) is 12.2 Å². The van der Waals surface area contributed by atoms with Gasteiger partial charge in [-0.15, -0.1) is 0 Å². The van der Waals surface area contributed by atoms with Gasteiger partial charge in [-0.3, -0.25) is 9.48 Å². The number of nitrogens with one attached hydrogen (secondary N) is 2. The monoisotopic (exact) mass is 782 g/mol. The zero-order valence-electron chi connectivity index (χ0n) is 25.4. The quantitative estimate of drug-likeness (QED) is 0.241. The maximum atomic E-state index is 14.1. The number of halogens is 1. The largest absolute Gasteiger partial charge is 0.0498 e. The number of nitrogens with zero attached hydrogens (tertiary/aromatic N) is 3. The molecule has 2 heterocycles. The van der Waals surface area contributed by atoms with Crippen molar-refractivity contribution in [3.05, 3.63) is 70.9 Å². The molecule has 8 nitrogen and oxygen atoms in total. The topological polar surface area (TPSA) is 98.1 Å². The van der Waals surface area contributed by atoms with Gasteiger partial charge >= 0.3 is 149 Å². The van der Waals surface area contributed by atoms with Crippen LogP contribution in [0, 0.1) is 23.6 Å². The van der Waals surface area contributed by atoms with Crippen molar-refractivity contribution in [3.8, 4) is 5.88 Å². The van der Waals surface area contributed by atoms with Crippen LogP contribution >= 0.6 is 0 Å². The number of hydrogen-bond acceptors (Lipinski definition) is 5. The number of benzene rings is 1. The van der Waals surface area contributed by atoms with E-state index in [1.165, 1.54) is 12.3 Å². The van der Waals surface area contributed by atoms with Gasteiger partial charge in [0.2, 0.25) is 0 Å². The Hall–Kier alpha value is -2.83. The molecule has 43 heavy (non-hydrogen) atoms. The minimum Gasteiger partial charge on any atom is -0.0498 e. The Morgan fingerprint density at radius 1 is 1.07 bits per heavy atom. The summed E-state index contributed by atoms with van der Waals surface area (Å²) in [6, 6.07) is 8.60. The average molecular weight is 782 g/mol. The number of fused-ring (bicyclic) bond motifs is 1. The Morgan fingerprint density at radius 3 is 2.44 bits per heavy atom. The number of aryl methyl sites for hydroxylation is 1. The molecule has 10 heteroatoms. The Balaban J connectivity index is 0.00000180. The molecule has 2 atom stereocenters. The second-order valence-electron chi connectivity index (χ2n) is 11.8. The number of anilines is 1. The summed E-state index contributed by atoms with van der Waals surface area (Å²) in [6.07, 6.45) is 8.87. The van der Waals surface area contributed by atoms with Crippen molar-refractivity contribution in [2.24, 2.45) is 17.8 Å². The SMILES string of the molecule is CC.CC(C)n1nccc1C(=O)NC(C(=O)Nc1ccc2c(c1)CCC2c1cc(F)cnc1O[CH2][Pb])C(C1CC1)C1CC1. The molecule has 3 aromatic rings. The van der Waals surface area contributed by atoms with Gasteiger partial charge in [-0.1, -0.05) is 13.8 Å². The van der Waals surface area contributed by atoms with E-state index in [9.17, 15) is 14.0 Å². The van der Waals surface area contributed by atoms with E-state index in [4.69, 9.17) is 4.74 Å². The first-order valence-electron chi connectivity index (χ1n) is 15.5. The fraction of sp³-hybridized carbons (Fsp3) is 0.515. The summed E-state index contributed by atoms with van der Waals surface area (Å²) in [5, 5.41) is 10.6. The van der Waals surface area contributed by atoms with Crippen LogP contribution in [0.4, 0.5) is 10.1 Å². The third-order valence-corrected chi connectivity index (χ3v) is 9.16. The smallest absolute Gasteiger partial charge is 0.00623 e. The first kappa shape index (κ1) is 31.6. The molecule has 0 spiro atoms. The van der Waals surface area contributed by atoms with Crippen LogP contribution in [0.3, 0.4) is 0 Å². The van der Waals surface area contributed by atoms with Crippen molar-refractivity contribution < 1.29 is 18.7 Å². The molecule has 2 unspecified atom stereocenters. The first-order valence-corrected chi connectivity index (χ1v) is 18.3. The number of rotatable bonds is 11. The van der Waals surface area contributed by atoms with Gasteiger partial charge in [-0.05, 0) is 63.4 Å². The van der Waals surface area contributed by atoms with Gasteiger partial charge in [-0.25, -0.2) is 0 Å². The van der Waals surface area contributed by atoms with Crippen molar-refractivity contribution in [2.45, 2.75) is 84.2 Å². The number of aromatic nitrogens is 3. The predicted octanol–water partition coefficient (Wildman–Crippen LogP) is 5.78. The summed E-state index contributed by atoms with van der Waals surface area (Å²) >= 11 is 0.864. The number of carbonyl (C=O) groups excluding carboxylic acids is 2. The number of hydrogen-bond donors (Lipinski definition) is 2. The molecule has 227 valence electrons. The maximum Gasteiger partial charge on any atom is -0.00623 e. The Kier molecular flexibility index (Phi) is 10.2. The Morgan fingerprint density at radius 2 is 1.79 bits per heavy atom. The zero-order valence-corrected chi connectivity index (χ0v) is 29.3. The average Bonchev–Trinajstić information content (AvgIpc) is 3.93. The van der Waals surface area contributed by atoms with Crippen molar-refractivity contribution in [1.29, 1.82) is 0 Å². The molecule has 2 saturated carbocycles. The molecule has 0 bridgehead atoms. The van der Waals surface area contributed by atoms with Crippen LogP contribution in [-0.4, -0.2) is 62.6 Å². The molecule has 3 aliphatic carbocycles. The molecule has 2 N–H and O–H groups in total. The number of amides is 2. The van der Waals surface area contributed by atoms with Crippen LogP contribution < -0.4 is 15.4 Å². The van der Waals surface area contributed by atoms with E-state index < -0.39 is 6.04 Å². The van der Waals surface area contributed by atoms with E-state index in [0.717, 1.165) is 81.0 Å². The Labute approximate surface area is 269 Å². The summed E-state index contributed by atoms with van der Waals surface area (Å²) in [6.45, 7) is 7.96. The van der Waals surface area contributed by atoms with Crippen LogP contribution in [0.5, 0.6) is 5.88 Å². The summed E-state index contributed by atoms with van der Waals surface area (Å²) in [4.78, 5) is 31.5. The summed E-state index contributed by atoms with van der Waals surface area (Å²) in [7, 11) is 0. The van der Waals surface area contributed by atoms with Crippen LogP contribution in [0.25, 0.3) is 0 Å². The third-order valence-electron chi connectivity index (χ3n) is 8.60. The zero-order chi connectivity index (χ0) is 30.7. The van der Waals surface area contributed by atoms with Crippen LogP contribution in [-0.2, 0) is 11.2 Å². The number of carbonyl (C=O) groups is 2. The molecule has 2 amide bonds. The van der Waals surface area contributed by atoms with Gasteiger partial charge < -0.3 is 5.32 Å². The molecule has 2 aromatic heterocycles. The number of pyridine rings is 1. The molecule has 0 aliphatic heterocycles. The van der Waals surface area contributed by atoms with E-state index in [1.807, 2.05) is 45.9 Å². The van der Waals surface area contributed by atoms with Crippen molar-refractivity contribution >= 4 is 43.3 Å². The fourth-order valence-corrected chi connectivity index (χ4v) is 7.00. The molecule has 2 fully saturated rings. The number of ether oxygens (including phenoxy) is 1. The molecular weight excluding hydrogens is 741 g/mol. The second kappa shape index (κ2) is 13.9. The molecule has 3 aliphatic rings. The van der Waals surface area contributed by atoms with Gasteiger partial charge in [0.05, 0.1) is 0 Å². The molecule has 1 aromatic carbocycles. The summed E-state index contributed by atoms with van der Waals surface area (Å²) in [5.74, 6) is 0.749.